The van der Waals surface area contributed by atoms with Crippen LogP contribution in [-0.4, -0.2) is 10.3 Å². The van der Waals surface area contributed by atoms with E-state index >= 15 is 0 Å². The molecule has 0 aromatic carbocycles. The van der Waals surface area contributed by atoms with Gasteiger partial charge in [0.2, 0.25) is 5.75 Å². The minimum absolute atomic E-state index is 0.0417. The summed E-state index contributed by atoms with van der Waals surface area (Å²) in [5, 5.41) is 11.6. The molecule has 1 rings (SSSR count). The fourth-order valence-electron chi connectivity index (χ4n) is 0.243. The first-order chi connectivity index (χ1) is 3.30. The Morgan fingerprint density at radius 2 is 2.57 bits per heavy atom. The normalized spacial score (nSPS) is 9.14. The molecule has 0 unspecified atom stereocenters. The summed E-state index contributed by atoms with van der Waals surface area (Å²) < 4.78 is 4.24. The third-order valence-electron chi connectivity index (χ3n) is 0.578. The van der Waals surface area contributed by atoms with E-state index in [1.54, 1.807) is 0 Å². The number of aromatic hydroxyl groups is 1. The molecule has 0 spiro atoms. The van der Waals surface area contributed by atoms with Crippen LogP contribution in [0.15, 0.2) is 10.7 Å². The molecule has 1 heterocycles. The van der Waals surface area contributed by atoms with Crippen molar-refractivity contribution in [1.29, 1.82) is 0 Å². The van der Waals surface area contributed by atoms with Crippen molar-refractivity contribution >= 4 is 5.88 Å². The maximum absolute atomic E-state index is 8.48. The van der Waals surface area contributed by atoms with E-state index < -0.39 is 0 Å². The van der Waals surface area contributed by atoms with Crippen molar-refractivity contribution in [2.24, 2.45) is 0 Å². The van der Waals surface area contributed by atoms with Crippen molar-refractivity contribution in [3.63, 3.8) is 0 Å². The average Bonchev–Trinajstić information content (AvgIpc) is 1.91. The van der Waals surface area contributed by atoms with Crippen LogP contribution in [-0.2, 0) is 0 Å². The van der Waals surface area contributed by atoms with E-state index in [4.69, 9.17) is 10.8 Å². The third-order valence-corrected chi connectivity index (χ3v) is 0.578. The summed E-state index contributed by atoms with van der Waals surface area (Å²) in [5.74, 6) is -0.153. The Labute approximate surface area is 39.5 Å². The predicted octanol–water partition coefficient (Wildman–Crippen LogP) is -0.0376. The maximum Gasteiger partial charge on any atom is 0.264 e. The van der Waals surface area contributed by atoms with Crippen LogP contribution in [0.4, 0.5) is 5.88 Å². The van der Waals surface area contributed by atoms with Gasteiger partial charge in [-0.05, 0) is 0 Å². The van der Waals surface area contributed by atoms with Crippen molar-refractivity contribution < 1.29 is 9.63 Å². The summed E-state index contributed by atoms with van der Waals surface area (Å²) in [6.45, 7) is 0. The van der Waals surface area contributed by atoms with Crippen LogP contribution < -0.4 is 5.73 Å². The highest BCUT2D eigenvalue weighted by Gasteiger charge is 1.95. The van der Waals surface area contributed by atoms with E-state index in [0.717, 1.165) is 6.20 Å². The fraction of sp³-hybridized carbons (Fsp3) is 0. The van der Waals surface area contributed by atoms with Crippen molar-refractivity contribution in [3.05, 3.63) is 6.20 Å². The largest absolute Gasteiger partial charge is 0.502 e. The maximum atomic E-state index is 8.48. The van der Waals surface area contributed by atoms with Crippen LogP contribution in [0.3, 0.4) is 0 Å². The molecule has 0 bridgehead atoms. The number of hydrogen-bond donors (Lipinski definition) is 2. The van der Waals surface area contributed by atoms with Crippen LogP contribution in [0.5, 0.6) is 5.75 Å². The van der Waals surface area contributed by atoms with Gasteiger partial charge in [0.25, 0.3) is 5.88 Å². The third kappa shape index (κ3) is 0.489. The molecule has 0 amide bonds. The highest BCUT2D eigenvalue weighted by molar-refractivity contribution is 5.38. The highest BCUT2D eigenvalue weighted by Crippen LogP contribution is 2.15. The van der Waals surface area contributed by atoms with E-state index in [2.05, 4.69) is 9.68 Å². The highest BCUT2D eigenvalue weighted by atomic mass is 16.5. The van der Waals surface area contributed by atoms with E-state index in [1.807, 2.05) is 0 Å². The Hall–Kier alpha value is -1.19. The zero-order valence-corrected chi connectivity index (χ0v) is 3.46. The molecule has 3 N–H and O–H groups in total. The Kier molecular flexibility index (Phi) is 0.651. The smallest absolute Gasteiger partial charge is 0.264 e. The van der Waals surface area contributed by atoms with E-state index in [-0.39, 0.29) is 11.6 Å². The topological polar surface area (TPSA) is 72.3 Å². The number of nitrogens with two attached hydrogens (primary N) is 1. The lowest BCUT2D eigenvalue weighted by Gasteiger charge is -1.76. The molecule has 0 fully saturated rings. The number of nitrogen functional groups attached to an aromatic ring is 1. The first kappa shape index (κ1) is 3.98. The quantitative estimate of drug-likeness (QED) is 0.480. The number of nitrogens with zero attached hydrogens (tertiary/aromatic N) is 1. The van der Waals surface area contributed by atoms with Crippen molar-refractivity contribution in [2.75, 3.05) is 5.73 Å². The second kappa shape index (κ2) is 1.14. The lowest BCUT2D eigenvalue weighted by Crippen LogP contribution is -1.77. The number of hydrogen-bond acceptors (Lipinski definition) is 4. The molecule has 7 heavy (non-hydrogen) atoms. The van der Waals surface area contributed by atoms with Crippen LogP contribution in [0.25, 0.3) is 0 Å². The van der Waals surface area contributed by atoms with Gasteiger partial charge in [0.05, 0.1) is 0 Å². The second-order valence-electron chi connectivity index (χ2n) is 1.08. The Balaban J connectivity index is 3.12. The number of rotatable bonds is 0. The van der Waals surface area contributed by atoms with Gasteiger partial charge in [0.15, 0.2) is 0 Å². The van der Waals surface area contributed by atoms with Crippen LogP contribution in [0.2, 0.25) is 0 Å². The first-order valence-electron chi connectivity index (χ1n) is 1.70. The van der Waals surface area contributed by atoms with Gasteiger partial charge in [-0.1, -0.05) is 5.16 Å². The first-order valence-corrected chi connectivity index (χ1v) is 1.70. The minimum Gasteiger partial charge on any atom is -0.502 e. The van der Waals surface area contributed by atoms with Gasteiger partial charge in [0.1, 0.15) is 6.20 Å². The number of anilines is 1. The van der Waals surface area contributed by atoms with Crippen LogP contribution in [0.1, 0.15) is 0 Å². The van der Waals surface area contributed by atoms with Gasteiger partial charge in [-0.25, -0.2) is 0 Å². The van der Waals surface area contributed by atoms with Crippen molar-refractivity contribution in [2.45, 2.75) is 0 Å². The Bertz CT molecular complexity index is 143. The summed E-state index contributed by atoms with van der Waals surface area (Å²) >= 11 is 0. The van der Waals surface area contributed by atoms with E-state index in [9.17, 15) is 0 Å². The van der Waals surface area contributed by atoms with Gasteiger partial charge in [0, 0.05) is 0 Å². The monoisotopic (exact) mass is 100 g/mol. The van der Waals surface area contributed by atoms with Crippen molar-refractivity contribution in [1.82, 2.24) is 5.16 Å². The van der Waals surface area contributed by atoms with E-state index in [0.29, 0.717) is 0 Å². The fourth-order valence-corrected chi connectivity index (χ4v) is 0.243. The summed E-state index contributed by atoms with van der Waals surface area (Å²) in [6, 6.07) is 0. The van der Waals surface area contributed by atoms with Crippen molar-refractivity contribution in [3.8, 4) is 5.75 Å². The molecule has 1 aromatic rings. The zero-order valence-electron chi connectivity index (χ0n) is 3.46. The van der Waals surface area contributed by atoms with Crippen LogP contribution in [0, 0.1) is 0 Å². The molecular weight excluding hydrogens is 96.0 g/mol. The summed E-state index contributed by atoms with van der Waals surface area (Å²) in [6.07, 6.45) is 1.13. The molecule has 0 saturated heterocycles. The van der Waals surface area contributed by atoms with Gasteiger partial charge in [-0.3, -0.25) is 0 Å². The average molecular weight is 100 g/mol. The molecule has 0 radical (unpaired) electrons. The molecule has 0 saturated carbocycles. The molecule has 38 valence electrons. The SMILES string of the molecule is Nc1oncc1O. The molecule has 0 atom stereocenters. The molecule has 0 aliphatic carbocycles. The summed E-state index contributed by atoms with van der Waals surface area (Å²) in [5.41, 5.74) is 4.96. The van der Waals surface area contributed by atoms with Gasteiger partial charge < -0.3 is 15.4 Å². The van der Waals surface area contributed by atoms with E-state index in [1.165, 1.54) is 0 Å². The van der Waals surface area contributed by atoms with Crippen LogP contribution >= 0.6 is 0 Å². The molecule has 1 aromatic heterocycles. The molecule has 4 heteroatoms. The number of aromatic nitrogens is 1. The Morgan fingerprint density at radius 3 is 2.71 bits per heavy atom. The second-order valence-corrected chi connectivity index (χ2v) is 1.08. The summed E-state index contributed by atoms with van der Waals surface area (Å²) in [7, 11) is 0. The van der Waals surface area contributed by atoms with Gasteiger partial charge in [-0.15, -0.1) is 0 Å². The molecule has 0 aliphatic heterocycles. The van der Waals surface area contributed by atoms with Gasteiger partial charge >= 0.3 is 0 Å². The standard InChI is InChI=1S/C3H4N2O2/c4-3-2(6)1-5-7-3/h1,6H,4H2. The summed E-state index contributed by atoms with van der Waals surface area (Å²) in [4.78, 5) is 0. The molecule has 0 aliphatic rings. The molecular formula is C3H4N2O2. The molecule has 4 nitrogen and oxygen atoms in total. The lowest BCUT2D eigenvalue weighted by atomic mass is 10.6. The lowest BCUT2D eigenvalue weighted by molar-refractivity contribution is 0.426. The van der Waals surface area contributed by atoms with Gasteiger partial charge in [-0.2, -0.15) is 0 Å². The predicted molar refractivity (Wildman–Crippen MR) is 22.6 cm³/mol. The Morgan fingerprint density at radius 1 is 1.86 bits per heavy atom. The minimum atomic E-state index is -0.111. The zero-order chi connectivity index (χ0) is 5.28.